The van der Waals surface area contributed by atoms with E-state index in [2.05, 4.69) is 10.2 Å². The quantitative estimate of drug-likeness (QED) is 0.764. The summed E-state index contributed by atoms with van der Waals surface area (Å²) in [5, 5.41) is 9.47. The van der Waals surface area contributed by atoms with Crippen molar-refractivity contribution in [3.63, 3.8) is 0 Å². The van der Waals surface area contributed by atoms with Crippen LogP contribution >= 0.6 is 11.8 Å². The highest BCUT2D eigenvalue weighted by Gasteiger charge is 2.19. The zero-order valence-electron chi connectivity index (χ0n) is 12.6. The normalized spacial score (nSPS) is 11.7. The zero-order chi connectivity index (χ0) is 16.8. The first-order chi connectivity index (χ1) is 11.0. The number of carbonyl (C=O) groups excluding carboxylic acids is 2. The predicted octanol–water partition coefficient (Wildman–Crippen LogP) is 1.34. The number of urea groups is 1. The van der Waals surface area contributed by atoms with E-state index in [0.29, 0.717) is 12.3 Å². The summed E-state index contributed by atoms with van der Waals surface area (Å²) in [6.07, 6.45) is 0.472. The molecular formula is C14H16N4O4S. The lowest BCUT2D eigenvalue weighted by atomic mass is 10.1. The topological polar surface area (TPSA) is 120 Å². The third kappa shape index (κ3) is 4.99. The Hall–Kier alpha value is -2.55. The van der Waals surface area contributed by atoms with Gasteiger partial charge in [0.25, 0.3) is 5.22 Å². The van der Waals surface area contributed by atoms with Crippen LogP contribution in [0.2, 0.25) is 0 Å². The van der Waals surface area contributed by atoms with Crippen LogP contribution < -0.4 is 15.8 Å². The molecular weight excluding hydrogens is 320 g/mol. The molecule has 3 amide bonds. The van der Waals surface area contributed by atoms with Gasteiger partial charge in [-0.25, -0.2) is 4.79 Å². The van der Waals surface area contributed by atoms with E-state index in [0.717, 1.165) is 23.1 Å². The van der Waals surface area contributed by atoms with Gasteiger partial charge in [-0.1, -0.05) is 23.9 Å². The van der Waals surface area contributed by atoms with Gasteiger partial charge in [0.05, 0.1) is 18.8 Å². The third-order valence-electron chi connectivity index (χ3n) is 2.86. The number of nitrogens with one attached hydrogen (secondary N) is 1. The van der Waals surface area contributed by atoms with Crippen LogP contribution in [0.1, 0.15) is 18.4 Å². The number of nitrogens with zero attached hydrogens (tertiary/aromatic N) is 2. The molecule has 8 nitrogen and oxygen atoms in total. The molecule has 2 aromatic rings. The Morgan fingerprint density at radius 3 is 2.65 bits per heavy atom. The minimum absolute atomic E-state index is 0.251. The highest BCUT2D eigenvalue weighted by molar-refractivity contribution is 8.00. The summed E-state index contributed by atoms with van der Waals surface area (Å²) in [5.41, 5.74) is 5.89. The first kappa shape index (κ1) is 16.8. The van der Waals surface area contributed by atoms with E-state index >= 15 is 0 Å². The fourth-order valence-corrected chi connectivity index (χ4v) is 2.40. The van der Waals surface area contributed by atoms with E-state index in [-0.39, 0.29) is 5.22 Å². The summed E-state index contributed by atoms with van der Waals surface area (Å²) >= 11 is 1.05. The molecule has 9 heteroatoms. The fraction of sp³-hybridized carbons (Fsp3) is 0.286. The average molecular weight is 336 g/mol. The minimum Gasteiger partial charge on any atom is -0.497 e. The van der Waals surface area contributed by atoms with Crippen LogP contribution in [-0.4, -0.2) is 34.5 Å². The number of thioether (sulfide) groups is 1. The number of carbonyl (C=O) groups is 2. The molecule has 1 aromatic carbocycles. The molecule has 23 heavy (non-hydrogen) atoms. The van der Waals surface area contributed by atoms with Gasteiger partial charge < -0.3 is 14.9 Å². The van der Waals surface area contributed by atoms with Crippen molar-refractivity contribution in [2.45, 2.75) is 23.8 Å². The molecule has 0 aliphatic carbocycles. The standard InChI is InChI=1S/C14H16N4O4S/c1-8(12(19)16-13(15)20)23-14-18-17-11(22-14)7-9-3-5-10(21-2)6-4-9/h3-6,8H,7H2,1-2H3,(H3,15,16,19,20)/t8-/m1/s1. The SMILES string of the molecule is COc1ccc(Cc2nnc(S[C@H](C)C(=O)NC(N)=O)o2)cc1. The summed E-state index contributed by atoms with van der Waals surface area (Å²) in [7, 11) is 1.60. The summed E-state index contributed by atoms with van der Waals surface area (Å²) < 4.78 is 10.6. The fourth-order valence-electron chi connectivity index (χ4n) is 1.70. The van der Waals surface area contributed by atoms with Gasteiger partial charge in [-0.05, 0) is 24.6 Å². The van der Waals surface area contributed by atoms with E-state index in [1.807, 2.05) is 29.6 Å². The molecule has 0 aliphatic heterocycles. The Morgan fingerprint density at radius 2 is 2.04 bits per heavy atom. The number of ether oxygens (including phenoxy) is 1. The van der Waals surface area contributed by atoms with E-state index in [1.54, 1.807) is 14.0 Å². The second-order valence-electron chi connectivity index (χ2n) is 4.60. The molecule has 3 N–H and O–H groups in total. The van der Waals surface area contributed by atoms with Crippen molar-refractivity contribution in [2.75, 3.05) is 7.11 Å². The average Bonchev–Trinajstić information content (AvgIpc) is 2.94. The molecule has 0 saturated carbocycles. The van der Waals surface area contributed by atoms with Crippen LogP contribution in [0.4, 0.5) is 4.79 Å². The molecule has 1 aromatic heterocycles. The van der Waals surface area contributed by atoms with Crippen LogP contribution in [0, 0.1) is 0 Å². The Balaban J connectivity index is 1.94. The van der Waals surface area contributed by atoms with Gasteiger partial charge >= 0.3 is 6.03 Å². The number of imide groups is 1. The maximum atomic E-state index is 11.6. The number of methoxy groups -OCH3 is 1. The van der Waals surface area contributed by atoms with Gasteiger partial charge in [-0.3, -0.25) is 10.1 Å². The van der Waals surface area contributed by atoms with Crippen LogP contribution in [0.3, 0.4) is 0 Å². The Bertz CT molecular complexity index is 686. The largest absolute Gasteiger partial charge is 0.497 e. The first-order valence-corrected chi connectivity index (χ1v) is 7.58. The number of nitrogens with two attached hydrogens (primary N) is 1. The smallest absolute Gasteiger partial charge is 0.318 e. The number of primary amides is 1. The molecule has 1 atom stereocenters. The summed E-state index contributed by atoms with van der Waals surface area (Å²) in [4.78, 5) is 22.2. The predicted molar refractivity (Wildman–Crippen MR) is 83.1 cm³/mol. The molecule has 0 spiro atoms. The van der Waals surface area contributed by atoms with Crippen molar-refractivity contribution in [1.82, 2.24) is 15.5 Å². The molecule has 0 radical (unpaired) electrons. The lowest BCUT2D eigenvalue weighted by molar-refractivity contribution is -0.119. The number of amides is 3. The number of hydrogen-bond donors (Lipinski definition) is 2. The Morgan fingerprint density at radius 1 is 1.35 bits per heavy atom. The second kappa shape index (κ2) is 7.63. The second-order valence-corrected chi connectivity index (χ2v) is 5.89. The van der Waals surface area contributed by atoms with Gasteiger partial charge in [0.1, 0.15) is 5.75 Å². The van der Waals surface area contributed by atoms with Crippen molar-refractivity contribution < 1.29 is 18.7 Å². The highest BCUT2D eigenvalue weighted by atomic mass is 32.2. The van der Waals surface area contributed by atoms with Gasteiger partial charge in [0.2, 0.25) is 11.8 Å². The van der Waals surface area contributed by atoms with Gasteiger partial charge in [-0.2, -0.15) is 0 Å². The molecule has 0 bridgehead atoms. The van der Waals surface area contributed by atoms with Gasteiger partial charge in [-0.15, -0.1) is 10.2 Å². The molecule has 2 rings (SSSR count). The molecule has 1 heterocycles. The van der Waals surface area contributed by atoms with Gasteiger partial charge in [0, 0.05) is 0 Å². The summed E-state index contributed by atoms with van der Waals surface area (Å²) in [5.74, 6) is 0.683. The van der Waals surface area contributed by atoms with E-state index < -0.39 is 17.2 Å². The monoisotopic (exact) mass is 336 g/mol. The number of hydrogen-bond acceptors (Lipinski definition) is 7. The molecule has 0 fully saturated rings. The third-order valence-corrected chi connectivity index (χ3v) is 3.79. The summed E-state index contributed by atoms with van der Waals surface area (Å²) in [6, 6.07) is 6.60. The molecule has 0 saturated heterocycles. The molecule has 122 valence electrons. The highest BCUT2D eigenvalue weighted by Crippen LogP contribution is 2.23. The van der Waals surface area contributed by atoms with E-state index in [9.17, 15) is 9.59 Å². The lowest BCUT2D eigenvalue weighted by Gasteiger charge is -2.06. The van der Waals surface area contributed by atoms with Crippen molar-refractivity contribution >= 4 is 23.7 Å². The molecule has 0 aliphatic rings. The van der Waals surface area contributed by atoms with Crippen LogP contribution in [0.25, 0.3) is 0 Å². The summed E-state index contributed by atoms with van der Waals surface area (Å²) in [6.45, 7) is 1.61. The minimum atomic E-state index is -0.895. The Kier molecular flexibility index (Phi) is 5.58. The van der Waals surface area contributed by atoms with E-state index in [1.165, 1.54) is 0 Å². The zero-order valence-corrected chi connectivity index (χ0v) is 13.4. The van der Waals surface area contributed by atoms with Crippen molar-refractivity contribution in [3.8, 4) is 5.75 Å². The first-order valence-electron chi connectivity index (χ1n) is 6.70. The van der Waals surface area contributed by atoms with Gasteiger partial charge in [0.15, 0.2) is 0 Å². The van der Waals surface area contributed by atoms with Crippen molar-refractivity contribution in [1.29, 1.82) is 0 Å². The van der Waals surface area contributed by atoms with Crippen LogP contribution in [0.15, 0.2) is 33.9 Å². The van der Waals surface area contributed by atoms with E-state index in [4.69, 9.17) is 14.9 Å². The lowest BCUT2D eigenvalue weighted by Crippen LogP contribution is -2.39. The van der Waals surface area contributed by atoms with Crippen molar-refractivity contribution in [2.24, 2.45) is 5.73 Å². The Labute approximate surface area is 136 Å². The number of aromatic nitrogens is 2. The number of rotatable bonds is 6. The maximum Gasteiger partial charge on any atom is 0.318 e. The maximum absolute atomic E-state index is 11.6. The number of benzene rings is 1. The molecule has 0 unspecified atom stereocenters. The van der Waals surface area contributed by atoms with Crippen LogP contribution in [-0.2, 0) is 11.2 Å². The van der Waals surface area contributed by atoms with Crippen molar-refractivity contribution in [3.05, 3.63) is 35.7 Å². The van der Waals surface area contributed by atoms with Crippen LogP contribution in [0.5, 0.6) is 5.75 Å².